The molecule has 0 saturated heterocycles. The summed E-state index contributed by atoms with van der Waals surface area (Å²) in [5, 5.41) is 11.5. The normalized spacial score (nSPS) is 17.9. The first-order valence-corrected chi connectivity index (χ1v) is 12.7. The van der Waals surface area contributed by atoms with Gasteiger partial charge >= 0.3 is 12.1 Å². The monoisotopic (exact) mass is 488 g/mol. The number of nitrogens with two attached hydrogens (primary N) is 1. The van der Waals surface area contributed by atoms with Crippen LogP contribution in [-0.4, -0.2) is 50.9 Å². The molecule has 1 aliphatic carbocycles. The topological polar surface area (TPSA) is 126 Å². The molecule has 0 radical (unpaired) electrons. The molecule has 2 aromatic rings. The molecule has 1 saturated carbocycles. The molecule has 1 aliphatic rings. The second-order valence-corrected chi connectivity index (χ2v) is 10.1. The molecule has 2 atom stereocenters. The predicted octanol–water partition coefficient (Wildman–Crippen LogP) is 4.22. The van der Waals surface area contributed by atoms with Crippen LogP contribution in [0.2, 0.25) is 0 Å². The number of amides is 1. The Bertz CT molecular complexity index is 977. The van der Waals surface area contributed by atoms with Crippen molar-refractivity contribution in [3.8, 4) is 0 Å². The Hall–Kier alpha value is -3.04. The summed E-state index contributed by atoms with van der Waals surface area (Å²) < 4.78 is 14.4. The van der Waals surface area contributed by atoms with Crippen LogP contribution in [0.1, 0.15) is 94.7 Å². The molecule has 0 unspecified atom stereocenters. The van der Waals surface area contributed by atoms with Gasteiger partial charge in [0.2, 0.25) is 0 Å². The first-order chi connectivity index (χ1) is 16.7. The number of aromatic nitrogens is 4. The van der Waals surface area contributed by atoms with E-state index in [0.717, 1.165) is 50.6 Å². The lowest BCUT2D eigenvalue weighted by molar-refractivity contribution is 0.0511. The van der Waals surface area contributed by atoms with Gasteiger partial charge in [-0.1, -0.05) is 12.8 Å². The lowest BCUT2D eigenvalue weighted by Gasteiger charge is -2.24. The highest BCUT2D eigenvalue weighted by molar-refractivity contribution is 5.87. The molecule has 0 aliphatic heterocycles. The van der Waals surface area contributed by atoms with Crippen LogP contribution in [0.15, 0.2) is 18.3 Å². The summed E-state index contributed by atoms with van der Waals surface area (Å²) in [6.07, 6.45) is 7.48. The van der Waals surface area contributed by atoms with E-state index in [-0.39, 0.29) is 29.6 Å². The van der Waals surface area contributed by atoms with Crippen molar-refractivity contribution in [3.05, 3.63) is 29.7 Å². The van der Waals surface area contributed by atoms with E-state index in [9.17, 15) is 9.59 Å². The number of nitrogens with zero attached hydrogens (tertiary/aromatic N) is 4. The van der Waals surface area contributed by atoms with E-state index < -0.39 is 0 Å². The highest BCUT2D eigenvalue weighted by Gasteiger charge is 2.33. The zero-order valence-electron chi connectivity index (χ0n) is 21.5. The first-order valence-electron chi connectivity index (χ1n) is 12.7. The Labute approximate surface area is 207 Å². The molecule has 194 valence electrons. The van der Waals surface area contributed by atoms with Crippen molar-refractivity contribution in [2.45, 2.75) is 96.7 Å². The summed E-state index contributed by atoms with van der Waals surface area (Å²) in [6, 6.07) is 3.62. The standard InChI is InChI=1S/C25H40N6O4/c1-5-34-23(32)20-12-14-28-30(20)15-9-7-6-8-13-27-24(33)35-19-11-10-18(16-19)21-17-22(26)29-31(21)25(2,3)4/h12,14,17-19H,5-11,13,15-16H2,1-4H3,(H2,26,29)(H,27,33)/t18-,19+/m0/s1. The van der Waals surface area contributed by atoms with Crippen LogP contribution in [0.4, 0.5) is 10.6 Å². The number of aryl methyl sites for hydroxylation is 1. The minimum Gasteiger partial charge on any atom is -0.461 e. The van der Waals surface area contributed by atoms with Gasteiger partial charge in [0.1, 0.15) is 17.6 Å². The highest BCUT2D eigenvalue weighted by atomic mass is 16.6. The van der Waals surface area contributed by atoms with Gasteiger partial charge in [0, 0.05) is 37.0 Å². The van der Waals surface area contributed by atoms with Crippen molar-refractivity contribution in [3.63, 3.8) is 0 Å². The average Bonchev–Trinajstić information content (AvgIpc) is 3.52. The first kappa shape index (κ1) is 26.6. The molecule has 0 bridgehead atoms. The van der Waals surface area contributed by atoms with Gasteiger partial charge in [-0.15, -0.1) is 0 Å². The zero-order chi connectivity index (χ0) is 25.4. The molecule has 3 rings (SSSR count). The average molecular weight is 489 g/mol. The maximum absolute atomic E-state index is 12.2. The lowest BCUT2D eigenvalue weighted by Crippen LogP contribution is -2.29. The summed E-state index contributed by atoms with van der Waals surface area (Å²) in [7, 11) is 0. The van der Waals surface area contributed by atoms with Gasteiger partial charge in [-0.3, -0.25) is 9.36 Å². The quantitative estimate of drug-likeness (QED) is 0.358. The van der Waals surface area contributed by atoms with Gasteiger partial charge in [-0.25, -0.2) is 9.59 Å². The van der Waals surface area contributed by atoms with Gasteiger partial charge in [-0.2, -0.15) is 10.2 Å². The Kier molecular flexibility index (Phi) is 9.17. The highest BCUT2D eigenvalue weighted by Crippen LogP contribution is 2.38. The minimum absolute atomic E-state index is 0.0905. The minimum atomic E-state index is -0.352. The number of esters is 1. The molecule has 10 nitrogen and oxygen atoms in total. The van der Waals surface area contributed by atoms with Crippen LogP contribution in [0.5, 0.6) is 0 Å². The Balaban J connectivity index is 1.30. The van der Waals surface area contributed by atoms with Crippen LogP contribution in [-0.2, 0) is 21.6 Å². The molecule has 1 amide bonds. The third kappa shape index (κ3) is 7.47. The van der Waals surface area contributed by atoms with E-state index in [4.69, 9.17) is 15.2 Å². The van der Waals surface area contributed by atoms with Crippen molar-refractivity contribution >= 4 is 17.9 Å². The number of carbonyl (C=O) groups excluding carboxylic acids is 2. The molecule has 0 aromatic carbocycles. The lowest BCUT2D eigenvalue weighted by atomic mass is 10.0. The molecule has 0 spiro atoms. The van der Waals surface area contributed by atoms with E-state index in [0.29, 0.717) is 31.2 Å². The number of ether oxygens (including phenoxy) is 2. The molecule has 3 N–H and O–H groups in total. The Morgan fingerprint density at radius 3 is 2.71 bits per heavy atom. The fourth-order valence-corrected chi connectivity index (χ4v) is 4.57. The van der Waals surface area contributed by atoms with E-state index in [1.54, 1.807) is 23.9 Å². The van der Waals surface area contributed by atoms with E-state index in [2.05, 4.69) is 36.3 Å². The van der Waals surface area contributed by atoms with Crippen molar-refractivity contribution in [2.75, 3.05) is 18.9 Å². The smallest absolute Gasteiger partial charge is 0.407 e. The summed E-state index contributed by atoms with van der Waals surface area (Å²) in [5.74, 6) is 0.474. The van der Waals surface area contributed by atoms with Crippen LogP contribution >= 0.6 is 0 Å². The van der Waals surface area contributed by atoms with Crippen molar-refractivity contribution < 1.29 is 19.1 Å². The number of rotatable bonds is 11. The molecular weight excluding hydrogens is 448 g/mol. The van der Waals surface area contributed by atoms with Gasteiger partial charge in [0.15, 0.2) is 0 Å². The van der Waals surface area contributed by atoms with Crippen LogP contribution in [0.25, 0.3) is 0 Å². The third-order valence-corrected chi connectivity index (χ3v) is 6.23. The zero-order valence-corrected chi connectivity index (χ0v) is 21.5. The number of hydrogen-bond donors (Lipinski definition) is 2. The van der Waals surface area contributed by atoms with E-state index >= 15 is 0 Å². The van der Waals surface area contributed by atoms with Gasteiger partial charge in [0.05, 0.1) is 12.1 Å². The number of hydrogen-bond acceptors (Lipinski definition) is 7. The Morgan fingerprint density at radius 2 is 1.97 bits per heavy atom. The summed E-state index contributed by atoms with van der Waals surface area (Å²) >= 11 is 0. The molecule has 2 heterocycles. The molecule has 2 aromatic heterocycles. The summed E-state index contributed by atoms with van der Waals surface area (Å²) in [5.41, 5.74) is 7.41. The summed E-state index contributed by atoms with van der Waals surface area (Å²) in [4.78, 5) is 24.1. The second-order valence-electron chi connectivity index (χ2n) is 10.1. The number of anilines is 1. The number of nitrogen functional groups attached to an aromatic ring is 1. The predicted molar refractivity (Wildman–Crippen MR) is 133 cm³/mol. The number of unbranched alkanes of at least 4 members (excludes halogenated alkanes) is 3. The fraction of sp³-hybridized carbons (Fsp3) is 0.680. The third-order valence-electron chi connectivity index (χ3n) is 6.23. The number of carbonyl (C=O) groups is 2. The molecular formula is C25H40N6O4. The van der Waals surface area contributed by atoms with Crippen LogP contribution in [0, 0.1) is 0 Å². The van der Waals surface area contributed by atoms with Crippen LogP contribution < -0.4 is 11.1 Å². The molecule has 35 heavy (non-hydrogen) atoms. The Morgan fingerprint density at radius 1 is 1.20 bits per heavy atom. The maximum Gasteiger partial charge on any atom is 0.407 e. The fourth-order valence-electron chi connectivity index (χ4n) is 4.57. The molecule has 10 heteroatoms. The summed E-state index contributed by atoms with van der Waals surface area (Å²) in [6.45, 7) is 9.70. The number of nitrogens with one attached hydrogen (secondary N) is 1. The SMILES string of the molecule is CCOC(=O)c1ccnn1CCCCCCNC(=O)O[C@@H]1CC[C@H](c2cc(N)nn2C(C)(C)C)C1. The number of alkyl carbamates (subject to hydrolysis) is 1. The largest absolute Gasteiger partial charge is 0.461 e. The van der Waals surface area contributed by atoms with E-state index in [1.807, 2.05) is 10.7 Å². The van der Waals surface area contributed by atoms with Crippen molar-refractivity contribution in [1.29, 1.82) is 0 Å². The van der Waals surface area contributed by atoms with Crippen molar-refractivity contribution in [1.82, 2.24) is 24.9 Å². The van der Waals surface area contributed by atoms with Gasteiger partial charge in [0.25, 0.3) is 0 Å². The second kappa shape index (κ2) is 12.1. The van der Waals surface area contributed by atoms with Crippen LogP contribution in [0.3, 0.4) is 0 Å². The van der Waals surface area contributed by atoms with Gasteiger partial charge < -0.3 is 20.5 Å². The van der Waals surface area contributed by atoms with Gasteiger partial charge in [-0.05, 0) is 65.9 Å². The maximum atomic E-state index is 12.2. The van der Waals surface area contributed by atoms with E-state index in [1.165, 1.54) is 0 Å². The molecule has 1 fully saturated rings. The van der Waals surface area contributed by atoms with Crippen molar-refractivity contribution in [2.24, 2.45) is 0 Å².